The summed E-state index contributed by atoms with van der Waals surface area (Å²) < 4.78 is 6.94. The van der Waals surface area contributed by atoms with Crippen LogP contribution in [-0.4, -0.2) is 42.3 Å². The molecule has 1 N–H and O–H groups in total. The van der Waals surface area contributed by atoms with Crippen LogP contribution >= 0.6 is 0 Å². The van der Waals surface area contributed by atoms with Gasteiger partial charge in [0.1, 0.15) is 5.76 Å². The Morgan fingerprint density at radius 3 is 2.93 bits per heavy atom. The monoisotopic (exact) mass is 382 g/mol. The van der Waals surface area contributed by atoms with Gasteiger partial charge in [-0.15, -0.1) is 0 Å². The molecule has 1 amide bonds. The van der Waals surface area contributed by atoms with E-state index in [2.05, 4.69) is 29.1 Å². The van der Waals surface area contributed by atoms with E-state index in [1.165, 1.54) is 6.07 Å². The lowest BCUT2D eigenvalue weighted by molar-refractivity contribution is -0.136. The third kappa shape index (κ3) is 3.47. The molecule has 146 valence electrons. The number of fused-ring (bicyclic) bond motifs is 1. The Morgan fingerprint density at radius 1 is 1.39 bits per heavy atom. The van der Waals surface area contributed by atoms with Crippen molar-refractivity contribution in [3.05, 3.63) is 52.5 Å². The summed E-state index contributed by atoms with van der Waals surface area (Å²) in [7, 11) is 0. The van der Waals surface area contributed by atoms with Gasteiger partial charge in [-0.05, 0) is 18.1 Å². The molecule has 9 nitrogen and oxygen atoms in total. The Bertz CT molecular complexity index is 1020. The van der Waals surface area contributed by atoms with Crippen molar-refractivity contribution in [2.24, 2.45) is 5.92 Å². The molecule has 28 heavy (non-hydrogen) atoms. The first kappa shape index (κ1) is 18.1. The summed E-state index contributed by atoms with van der Waals surface area (Å²) >= 11 is 0. The molecule has 0 fully saturated rings. The second-order valence-corrected chi connectivity index (χ2v) is 7.21. The van der Waals surface area contributed by atoms with Crippen LogP contribution in [0.5, 0.6) is 0 Å². The summed E-state index contributed by atoms with van der Waals surface area (Å²) in [5.74, 6) is 2.09. The molecule has 0 radical (unpaired) electrons. The molecule has 1 atom stereocenters. The molecule has 0 saturated heterocycles. The summed E-state index contributed by atoms with van der Waals surface area (Å²) in [4.78, 5) is 34.8. The summed E-state index contributed by atoms with van der Waals surface area (Å²) in [6.07, 6.45) is 4.10. The smallest absolute Gasteiger partial charge is 0.280 e. The van der Waals surface area contributed by atoms with E-state index in [0.29, 0.717) is 31.1 Å². The highest BCUT2D eigenvalue weighted by Crippen LogP contribution is 2.32. The number of amides is 1. The topological polar surface area (TPSA) is 110 Å². The third-order valence-electron chi connectivity index (χ3n) is 4.88. The van der Waals surface area contributed by atoms with Gasteiger partial charge in [0.2, 0.25) is 5.91 Å². The van der Waals surface area contributed by atoms with Crippen molar-refractivity contribution in [3.8, 4) is 11.4 Å². The molecular weight excluding hydrogens is 360 g/mol. The van der Waals surface area contributed by atoms with Crippen LogP contribution in [0.1, 0.15) is 37.9 Å². The molecule has 9 heteroatoms. The number of carbonyl (C=O) groups is 1. The number of aromatic amines is 1. The van der Waals surface area contributed by atoms with Gasteiger partial charge in [-0.3, -0.25) is 14.6 Å². The minimum atomic E-state index is -0.295. The summed E-state index contributed by atoms with van der Waals surface area (Å²) in [6.45, 7) is 5.31. The average molecular weight is 382 g/mol. The van der Waals surface area contributed by atoms with Gasteiger partial charge in [0, 0.05) is 43.4 Å². The number of aryl methyl sites for hydroxylation is 1. The van der Waals surface area contributed by atoms with Crippen molar-refractivity contribution in [2.45, 2.75) is 39.3 Å². The lowest BCUT2D eigenvalue weighted by atomic mass is 9.99. The van der Waals surface area contributed by atoms with Gasteiger partial charge in [0.05, 0.1) is 12.6 Å². The van der Waals surface area contributed by atoms with Crippen LogP contribution in [0.4, 0.5) is 0 Å². The highest BCUT2D eigenvalue weighted by molar-refractivity contribution is 5.77. The van der Waals surface area contributed by atoms with E-state index in [1.54, 1.807) is 12.4 Å². The van der Waals surface area contributed by atoms with E-state index in [1.807, 2.05) is 21.7 Å². The van der Waals surface area contributed by atoms with Gasteiger partial charge in [-0.2, -0.15) is 10.3 Å². The second-order valence-electron chi connectivity index (χ2n) is 7.21. The summed E-state index contributed by atoms with van der Waals surface area (Å²) in [6, 6.07) is 4.99. The molecule has 0 unspecified atom stereocenters. The minimum absolute atomic E-state index is 0.0136. The maximum Gasteiger partial charge on any atom is 0.280 e. The number of aromatic nitrogens is 5. The zero-order chi connectivity index (χ0) is 19.7. The normalized spacial score (nSPS) is 16.4. The summed E-state index contributed by atoms with van der Waals surface area (Å²) in [5, 5.41) is 6.87. The van der Waals surface area contributed by atoms with Crippen molar-refractivity contribution in [3.63, 3.8) is 0 Å². The Balaban J connectivity index is 1.56. The number of H-pyrrole nitrogens is 1. The van der Waals surface area contributed by atoms with Crippen LogP contribution in [-0.2, 0) is 17.8 Å². The Hall–Kier alpha value is -3.23. The standard InChI is InChI=1S/C19H22N6O3/c1-12(2)17-19-21-18(13-4-3-7-20-11-13)22-25(19)9-8-24(17)16(27)6-5-14-10-15(26)23-28-14/h3-4,7,10-12,17H,5-6,8-9H2,1-2H3,(H,23,26)/t17-/m1/s1. The zero-order valence-electron chi connectivity index (χ0n) is 15.8. The molecule has 0 aromatic carbocycles. The second kappa shape index (κ2) is 7.41. The Kier molecular flexibility index (Phi) is 4.81. The number of rotatable bonds is 5. The Labute approximate surface area is 161 Å². The number of hydrogen-bond acceptors (Lipinski definition) is 6. The van der Waals surface area contributed by atoms with Gasteiger partial charge < -0.3 is 9.42 Å². The molecule has 4 heterocycles. The quantitative estimate of drug-likeness (QED) is 0.720. The minimum Gasteiger partial charge on any atom is -0.384 e. The van der Waals surface area contributed by atoms with E-state index in [9.17, 15) is 9.59 Å². The van der Waals surface area contributed by atoms with E-state index < -0.39 is 0 Å². The fraction of sp³-hybridized carbons (Fsp3) is 0.421. The molecule has 0 aliphatic carbocycles. The largest absolute Gasteiger partial charge is 0.384 e. The molecular formula is C19H22N6O3. The van der Waals surface area contributed by atoms with Crippen LogP contribution in [0.3, 0.4) is 0 Å². The average Bonchev–Trinajstić information content (AvgIpc) is 3.31. The first-order valence-electron chi connectivity index (χ1n) is 9.35. The van der Waals surface area contributed by atoms with Crippen molar-refractivity contribution in [1.82, 2.24) is 29.8 Å². The van der Waals surface area contributed by atoms with Crippen molar-refractivity contribution >= 4 is 5.91 Å². The van der Waals surface area contributed by atoms with Gasteiger partial charge in [-0.1, -0.05) is 13.8 Å². The summed E-state index contributed by atoms with van der Waals surface area (Å²) in [5.41, 5.74) is 0.559. The number of nitrogens with zero attached hydrogens (tertiary/aromatic N) is 5. The maximum absolute atomic E-state index is 12.9. The van der Waals surface area contributed by atoms with Crippen molar-refractivity contribution in [2.75, 3.05) is 6.54 Å². The first-order chi connectivity index (χ1) is 13.5. The third-order valence-corrected chi connectivity index (χ3v) is 4.88. The van der Waals surface area contributed by atoms with Crippen LogP contribution in [0, 0.1) is 5.92 Å². The van der Waals surface area contributed by atoms with Crippen LogP contribution in [0.15, 0.2) is 39.9 Å². The molecule has 3 aromatic heterocycles. The van der Waals surface area contributed by atoms with E-state index in [0.717, 1.165) is 11.4 Å². The van der Waals surface area contributed by atoms with Gasteiger partial charge in [-0.25, -0.2) is 9.67 Å². The fourth-order valence-corrected chi connectivity index (χ4v) is 3.59. The van der Waals surface area contributed by atoms with E-state index in [-0.39, 0.29) is 29.8 Å². The van der Waals surface area contributed by atoms with Crippen molar-refractivity contribution < 1.29 is 9.32 Å². The van der Waals surface area contributed by atoms with E-state index in [4.69, 9.17) is 9.51 Å². The SMILES string of the molecule is CC(C)[C@@H]1c2nc(-c3cccnc3)nn2CCN1C(=O)CCc1cc(=O)[nH]o1. The lowest BCUT2D eigenvalue weighted by Gasteiger charge is -2.37. The van der Waals surface area contributed by atoms with Gasteiger partial charge in [0.25, 0.3) is 5.56 Å². The maximum atomic E-state index is 12.9. The molecule has 1 aliphatic rings. The molecule has 4 rings (SSSR count). The van der Waals surface area contributed by atoms with Crippen LogP contribution < -0.4 is 5.56 Å². The predicted molar refractivity (Wildman–Crippen MR) is 100 cm³/mol. The number of nitrogens with one attached hydrogen (secondary N) is 1. The predicted octanol–water partition coefficient (Wildman–Crippen LogP) is 1.79. The molecule has 1 aliphatic heterocycles. The molecule has 0 saturated carbocycles. The van der Waals surface area contributed by atoms with Crippen LogP contribution in [0.2, 0.25) is 0 Å². The van der Waals surface area contributed by atoms with Gasteiger partial charge in [0.15, 0.2) is 11.6 Å². The van der Waals surface area contributed by atoms with Crippen molar-refractivity contribution in [1.29, 1.82) is 0 Å². The highest BCUT2D eigenvalue weighted by atomic mass is 16.5. The van der Waals surface area contributed by atoms with Crippen LogP contribution in [0.25, 0.3) is 11.4 Å². The number of hydrogen-bond donors (Lipinski definition) is 1. The Morgan fingerprint density at radius 2 is 2.25 bits per heavy atom. The van der Waals surface area contributed by atoms with E-state index >= 15 is 0 Å². The zero-order valence-corrected chi connectivity index (χ0v) is 15.8. The molecule has 0 bridgehead atoms. The molecule has 0 spiro atoms. The van der Waals surface area contributed by atoms with Gasteiger partial charge >= 0.3 is 0 Å². The molecule has 3 aromatic rings. The highest BCUT2D eigenvalue weighted by Gasteiger charge is 2.35. The number of carbonyl (C=O) groups excluding carboxylic acids is 1. The fourth-order valence-electron chi connectivity index (χ4n) is 3.59. The number of pyridine rings is 1. The first-order valence-corrected chi connectivity index (χ1v) is 9.35. The lowest BCUT2D eigenvalue weighted by Crippen LogP contribution is -2.44.